The third-order valence-corrected chi connectivity index (χ3v) is 4.93. The molecular formula is C20H31N5O2S. The Morgan fingerprint density at radius 1 is 1.18 bits per heavy atom. The summed E-state index contributed by atoms with van der Waals surface area (Å²) >= 11 is 1.29. The smallest absolute Gasteiger partial charge is 0.303 e. The van der Waals surface area contributed by atoms with Gasteiger partial charge < -0.3 is 21.1 Å². The van der Waals surface area contributed by atoms with Gasteiger partial charge in [0.1, 0.15) is 0 Å². The Morgan fingerprint density at radius 3 is 2.32 bits per heavy atom. The van der Waals surface area contributed by atoms with Crippen molar-refractivity contribution in [2.24, 2.45) is 11.8 Å². The van der Waals surface area contributed by atoms with Gasteiger partial charge in [0.25, 0.3) is 0 Å². The number of nitrogens with zero attached hydrogens (tertiary/aromatic N) is 3. The summed E-state index contributed by atoms with van der Waals surface area (Å²) in [5, 5.41) is 21.5. The number of aromatic nitrogens is 2. The monoisotopic (exact) mass is 405 g/mol. The fraction of sp³-hybridized carbons (Fsp3) is 0.550. The van der Waals surface area contributed by atoms with Gasteiger partial charge in [-0.2, -0.15) is 0 Å². The lowest BCUT2D eigenvalue weighted by Gasteiger charge is -2.31. The minimum atomic E-state index is -0.802. The van der Waals surface area contributed by atoms with Crippen LogP contribution >= 0.6 is 11.3 Å². The summed E-state index contributed by atoms with van der Waals surface area (Å²) in [5.74, 6) is 0.128. The predicted octanol–water partition coefficient (Wildman–Crippen LogP) is 4.56. The first-order valence-electron chi connectivity index (χ1n) is 9.62. The third-order valence-electron chi connectivity index (χ3n) is 4.26. The first kappa shape index (κ1) is 21.9. The van der Waals surface area contributed by atoms with Crippen LogP contribution in [0.1, 0.15) is 52.5 Å². The van der Waals surface area contributed by atoms with Crippen LogP contribution in [0.2, 0.25) is 0 Å². The second kappa shape index (κ2) is 9.73. The van der Waals surface area contributed by atoms with Crippen molar-refractivity contribution < 1.29 is 9.90 Å². The molecule has 2 rings (SSSR count). The number of carbonyl (C=O) groups is 1. The van der Waals surface area contributed by atoms with Crippen LogP contribution in [0.3, 0.4) is 0 Å². The summed E-state index contributed by atoms with van der Waals surface area (Å²) < 4.78 is 0. The van der Waals surface area contributed by atoms with E-state index in [1.54, 1.807) is 0 Å². The largest absolute Gasteiger partial charge is 0.481 e. The molecule has 0 radical (unpaired) electrons. The van der Waals surface area contributed by atoms with E-state index in [1.807, 2.05) is 19.1 Å². The molecule has 0 saturated carbocycles. The molecule has 28 heavy (non-hydrogen) atoms. The molecule has 7 nitrogen and oxygen atoms in total. The van der Waals surface area contributed by atoms with Gasteiger partial charge in [0, 0.05) is 13.1 Å². The number of carboxylic acid groups (broad SMARTS) is 1. The van der Waals surface area contributed by atoms with Crippen LogP contribution in [0.4, 0.5) is 21.6 Å². The van der Waals surface area contributed by atoms with E-state index in [-0.39, 0.29) is 12.3 Å². The molecule has 0 fully saturated rings. The second-order valence-corrected chi connectivity index (χ2v) is 9.05. The molecule has 0 bridgehead atoms. The van der Waals surface area contributed by atoms with Gasteiger partial charge >= 0.3 is 5.97 Å². The van der Waals surface area contributed by atoms with Gasteiger partial charge in [-0.15, -0.1) is 10.2 Å². The number of benzene rings is 1. The van der Waals surface area contributed by atoms with Gasteiger partial charge in [-0.25, -0.2) is 0 Å². The SMILES string of the molecule is CC(C)CN(CC(C)C)c1ccc(C(C)CC(=O)O)cc1Nc1nnc(N)s1. The zero-order chi connectivity index (χ0) is 20.8. The van der Waals surface area contributed by atoms with Crippen LogP contribution in [0.15, 0.2) is 18.2 Å². The third kappa shape index (κ3) is 6.37. The highest BCUT2D eigenvalue weighted by Gasteiger charge is 2.18. The maximum absolute atomic E-state index is 11.1. The standard InChI is InChI=1S/C20H31N5O2S/c1-12(2)10-25(11-13(3)4)17-7-6-15(14(5)8-18(26)27)9-16(17)22-20-24-23-19(21)28-20/h6-7,9,12-14H,8,10-11H2,1-5H3,(H2,21,23)(H,22,24)(H,26,27). The first-order chi connectivity index (χ1) is 13.2. The first-order valence-corrected chi connectivity index (χ1v) is 10.4. The van der Waals surface area contributed by atoms with E-state index in [2.05, 4.69) is 54.2 Å². The second-order valence-electron chi connectivity index (χ2n) is 8.04. The molecule has 1 aromatic heterocycles. The van der Waals surface area contributed by atoms with Crippen molar-refractivity contribution in [1.29, 1.82) is 0 Å². The lowest BCUT2D eigenvalue weighted by molar-refractivity contribution is -0.137. The molecule has 1 heterocycles. The predicted molar refractivity (Wildman–Crippen MR) is 117 cm³/mol. The van der Waals surface area contributed by atoms with E-state index < -0.39 is 5.97 Å². The summed E-state index contributed by atoms with van der Waals surface area (Å²) in [4.78, 5) is 13.5. The summed E-state index contributed by atoms with van der Waals surface area (Å²) in [5.41, 5.74) is 8.66. The normalized spacial score (nSPS) is 12.4. The van der Waals surface area contributed by atoms with Gasteiger partial charge in [-0.05, 0) is 35.4 Å². The summed E-state index contributed by atoms with van der Waals surface area (Å²) in [7, 11) is 0. The molecule has 2 aromatic rings. The molecule has 8 heteroatoms. The van der Waals surface area contributed by atoms with E-state index in [0.29, 0.717) is 22.1 Å². The van der Waals surface area contributed by atoms with Crippen LogP contribution in [-0.4, -0.2) is 34.4 Å². The summed E-state index contributed by atoms with van der Waals surface area (Å²) in [6, 6.07) is 6.12. The molecule has 0 aliphatic heterocycles. The van der Waals surface area contributed by atoms with Gasteiger partial charge in [0.2, 0.25) is 10.3 Å². The van der Waals surface area contributed by atoms with Crippen molar-refractivity contribution in [3.05, 3.63) is 23.8 Å². The van der Waals surface area contributed by atoms with E-state index in [4.69, 9.17) is 10.8 Å². The molecule has 1 atom stereocenters. The van der Waals surface area contributed by atoms with Crippen LogP contribution in [0.5, 0.6) is 0 Å². The van der Waals surface area contributed by atoms with E-state index in [9.17, 15) is 4.79 Å². The molecule has 0 amide bonds. The molecule has 1 aromatic carbocycles. The van der Waals surface area contributed by atoms with Gasteiger partial charge in [0.05, 0.1) is 17.8 Å². The Hall–Kier alpha value is -2.35. The molecule has 154 valence electrons. The molecular weight excluding hydrogens is 374 g/mol. The van der Waals surface area contributed by atoms with Crippen LogP contribution < -0.4 is 16.0 Å². The van der Waals surface area contributed by atoms with Gasteiger partial charge in [0.15, 0.2) is 0 Å². The molecule has 0 aliphatic rings. The molecule has 0 spiro atoms. The maximum Gasteiger partial charge on any atom is 0.303 e. The summed E-state index contributed by atoms with van der Waals surface area (Å²) in [6.45, 7) is 12.6. The molecule has 4 N–H and O–H groups in total. The fourth-order valence-corrected chi connectivity index (χ4v) is 3.69. The number of nitrogens with two attached hydrogens (primary N) is 1. The Labute approximate surface area is 171 Å². The average molecular weight is 406 g/mol. The van der Waals surface area contributed by atoms with E-state index >= 15 is 0 Å². The van der Waals surface area contributed by atoms with Crippen molar-refractivity contribution >= 4 is 38.9 Å². The zero-order valence-electron chi connectivity index (χ0n) is 17.3. The number of anilines is 4. The number of nitrogens with one attached hydrogen (secondary N) is 1. The quantitative estimate of drug-likeness (QED) is 0.532. The van der Waals surface area contributed by atoms with Crippen LogP contribution in [0.25, 0.3) is 0 Å². The topological polar surface area (TPSA) is 104 Å². The number of hydrogen-bond donors (Lipinski definition) is 3. The molecule has 0 saturated heterocycles. The number of hydrogen-bond acceptors (Lipinski definition) is 7. The van der Waals surface area contributed by atoms with E-state index in [0.717, 1.165) is 30.0 Å². The highest BCUT2D eigenvalue weighted by Crippen LogP contribution is 2.35. The van der Waals surface area contributed by atoms with Crippen molar-refractivity contribution in [2.45, 2.75) is 47.0 Å². The van der Waals surface area contributed by atoms with E-state index in [1.165, 1.54) is 11.3 Å². The molecule has 1 unspecified atom stereocenters. The Balaban J connectivity index is 2.44. The highest BCUT2D eigenvalue weighted by atomic mass is 32.1. The van der Waals surface area contributed by atoms with Crippen molar-refractivity contribution in [3.8, 4) is 0 Å². The van der Waals surface area contributed by atoms with Crippen molar-refractivity contribution in [3.63, 3.8) is 0 Å². The lowest BCUT2D eigenvalue weighted by Crippen LogP contribution is -2.31. The van der Waals surface area contributed by atoms with Crippen molar-refractivity contribution in [1.82, 2.24) is 10.2 Å². The Kier molecular flexibility index (Phi) is 7.62. The zero-order valence-corrected chi connectivity index (χ0v) is 18.1. The van der Waals surface area contributed by atoms with Gasteiger partial charge in [-0.1, -0.05) is 52.0 Å². The minimum absolute atomic E-state index is 0.0877. The van der Waals surface area contributed by atoms with Crippen LogP contribution in [-0.2, 0) is 4.79 Å². The summed E-state index contributed by atoms with van der Waals surface area (Å²) in [6.07, 6.45) is 0.0895. The van der Waals surface area contributed by atoms with Crippen molar-refractivity contribution in [2.75, 3.05) is 29.0 Å². The maximum atomic E-state index is 11.1. The number of rotatable bonds is 10. The lowest BCUT2D eigenvalue weighted by atomic mass is 9.96. The Bertz CT molecular complexity index is 781. The Morgan fingerprint density at radius 2 is 1.82 bits per heavy atom. The fourth-order valence-electron chi connectivity index (χ4n) is 3.17. The van der Waals surface area contributed by atoms with Crippen LogP contribution in [0, 0.1) is 11.8 Å². The number of nitrogen functional groups attached to an aromatic ring is 1. The highest BCUT2D eigenvalue weighted by molar-refractivity contribution is 7.18. The number of carboxylic acids is 1. The van der Waals surface area contributed by atoms with Gasteiger partial charge in [-0.3, -0.25) is 4.79 Å². The molecule has 0 aliphatic carbocycles. The minimum Gasteiger partial charge on any atom is -0.481 e. The number of aliphatic carboxylic acids is 1. The average Bonchev–Trinajstić information content (AvgIpc) is 2.97.